The number of ether oxygens (including phenoxy) is 3. The molecule has 5 rings (SSSR count). The van der Waals surface area contributed by atoms with Gasteiger partial charge in [-0.15, -0.1) is 0 Å². The summed E-state index contributed by atoms with van der Waals surface area (Å²) in [5, 5.41) is 30.2. The highest BCUT2D eigenvalue weighted by Crippen LogP contribution is 2.52. The summed E-state index contributed by atoms with van der Waals surface area (Å²) in [4.78, 5) is 48.6. The number of phenolic OH excluding ortho intramolecular Hbond substituents is 2. The molecule has 1 heterocycles. The highest BCUT2D eigenvalue weighted by molar-refractivity contribution is 6.52. The van der Waals surface area contributed by atoms with Crippen molar-refractivity contribution in [2.24, 2.45) is 0 Å². The molecule has 45 heavy (non-hydrogen) atoms. The number of allylic oxidation sites excluding steroid dienone is 3. The fourth-order valence-corrected chi connectivity index (χ4v) is 5.26. The van der Waals surface area contributed by atoms with Gasteiger partial charge in [0.2, 0.25) is 11.6 Å². The van der Waals surface area contributed by atoms with Gasteiger partial charge in [0.25, 0.3) is 0 Å². The average molecular weight is 655 g/mol. The molecule has 234 valence electrons. The first kappa shape index (κ1) is 33.1. The minimum Gasteiger partial charge on any atom is -0.507 e. The minimum atomic E-state index is -0.835. The van der Waals surface area contributed by atoms with Crippen LogP contribution in [-0.2, 0) is 9.53 Å². The molecule has 1 aliphatic carbocycles. The number of phenols is 2. The van der Waals surface area contributed by atoms with Gasteiger partial charge in [0, 0.05) is 27.8 Å². The van der Waals surface area contributed by atoms with E-state index in [1.807, 2.05) is 19.9 Å². The van der Waals surface area contributed by atoms with Crippen LogP contribution < -0.4 is 9.47 Å². The van der Waals surface area contributed by atoms with E-state index in [-0.39, 0.29) is 78.4 Å². The summed E-state index contributed by atoms with van der Waals surface area (Å²) in [6.07, 6.45) is 2.11. The number of Topliss-reactive ketones (excluding diaryl/α,β-unsaturated/α-hetero) is 2. The highest BCUT2D eigenvalue weighted by Gasteiger charge is 2.36. The molecule has 0 amide bonds. The standard InChI is InChI=1S/C18H14Cl2O7.C15H14O3/c1-5-9-16(11(20)13(22)10(5)19)26-14-6(2)8(17(23)25-4)12(21)7(3)15(14)27-18(9)24;1-9(2)7-8-12-13(16)10-5-3-4-6-11(10)14(17)15(12)18/h21-22H,1-4H3;3-7,16H,8H2,1-2H3. The van der Waals surface area contributed by atoms with E-state index in [2.05, 4.69) is 0 Å². The van der Waals surface area contributed by atoms with E-state index in [0.717, 1.165) is 5.57 Å². The van der Waals surface area contributed by atoms with E-state index >= 15 is 0 Å². The van der Waals surface area contributed by atoms with E-state index < -0.39 is 35.0 Å². The van der Waals surface area contributed by atoms with Gasteiger partial charge < -0.3 is 29.5 Å². The third-order valence-electron chi connectivity index (χ3n) is 7.30. The number of hydrogen-bond donors (Lipinski definition) is 3. The molecule has 12 heteroatoms. The topological polar surface area (TPSA) is 157 Å². The van der Waals surface area contributed by atoms with Crippen LogP contribution in [0.5, 0.6) is 28.7 Å². The number of esters is 2. The Morgan fingerprint density at radius 1 is 0.822 bits per heavy atom. The largest absolute Gasteiger partial charge is 0.507 e. The van der Waals surface area contributed by atoms with Crippen molar-refractivity contribution in [3.63, 3.8) is 0 Å². The SMILES string of the molecule is CC(C)=CCC1=C(O)c2ccccc2C(=O)C1=O.COC(=O)c1c(C)c2c(c(C)c1O)OC(=O)c1c(C)c(Cl)c(O)c(Cl)c1O2. The Labute approximate surface area is 268 Å². The number of aliphatic hydroxyl groups is 1. The van der Waals surface area contributed by atoms with Crippen molar-refractivity contribution in [2.45, 2.75) is 41.0 Å². The molecule has 10 nitrogen and oxygen atoms in total. The lowest BCUT2D eigenvalue weighted by atomic mass is 9.87. The van der Waals surface area contributed by atoms with Crippen LogP contribution in [-0.4, -0.2) is 45.9 Å². The predicted molar refractivity (Wildman–Crippen MR) is 166 cm³/mol. The van der Waals surface area contributed by atoms with Crippen molar-refractivity contribution in [2.75, 3.05) is 7.11 Å². The summed E-state index contributed by atoms with van der Waals surface area (Å²) in [6.45, 7) is 8.24. The molecule has 3 aromatic carbocycles. The maximum absolute atomic E-state index is 12.7. The van der Waals surface area contributed by atoms with Gasteiger partial charge in [0.05, 0.1) is 12.1 Å². The second kappa shape index (κ2) is 12.7. The molecule has 0 radical (unpaired) electrons. The van der Waals surface area contributed by atoms with Crippen molar-refractivity contribution in [1.82, 2.24) is 0 Å². The number of carbonyl (C=O) groups excluding carboxylic acids is 4. The van der Waals surface area contributed by atoms with Crippen molar-refractivity contribution in [1.29, 1.82) is 0 Å². The Kier molecular flexibility index (Phi) is 9.32. The molecule has 0 aromatic heterocycles. The number of halogens is 2. The number of ketones is 2. The van der Waals surface area contributed by atoms with Crippen LogP contribution in [0.1, 0.15) is 73.6 Å². The molecule has 3 aromatic rings. The fourth-order valence-electron chi connectivity index (χ4n) is 4.80. The van der Waals surface area contributed by atoms with Crippen LogP contribution >= 0.6 is 23.2 Å². The first-order valence-corrected chi connectivity index (χ1v) is 14.2. The number of benzene rings is 3. The Balaban J connectivity index is 0.000000222. The first-order valence-electron chi connectivity index (χ1n) is 13.4. The summed E-state index contributed by atoms with van der Waals surface area (Å²) in [5.41, 5.74) is 2.20. The van der Waals surface area contributed by atoms with Gasteiger partial charge in [-0.2, -0.15) is 0 Å². The molecule has 0 fully saturated rings. The first-order chi connectivity index (χ1) is 21.1. The lowest BCUT2D eigenvalue weighted by Gasteiger charge is -2.17. The molecule has 0 saturated carbocycles. The van der Waals surface area contributed by atoms with Gasteiger partial charge >= 0.3 is 11.9 Å². The number of fused-ring (bicyclic) bond motifs is 3. The molecule has 0 atom stereocenters. The maximum Gasteiger partial charge on any atom is 0.347 e. The Morgan fingerprint density at radius 3 is 2.02 bits per heavy atom. The van der Waals surface area contributed by atoms with Crippen molar-refractivity contribution >= 4 is 52.5 Å². The molecular formula is C33H28Cl2O10. The Morgan fingerprint density at radius 2 is 1.42 bits per heavy atom. The zero-order valence-electron chi connectivity index (χ0n) is 25.0. The van der Waals surface area contributed by atoms with Crippen LogP contribution in [0.2, 0.25) is 10.0 Å². The van der Waals surface area contributed by atoms with Crippen LogP contribution in [0.4, 0.5) is 0 Å². The number of aromatic hydroxyl groups is 2. The smallest absolute Gasteiger partial charge is 0.347 e. The number of methoxy groups -OCH3 is 1. The molecule has 0 unspecified atom stereocenters. The number of rotatable bonds is 3. The Bertz CT molecular complexity index is 1880. The zero-order chi connectivity index (χ0) is 33.5. The van der Waals surface area contributed by atoms with Crippen LogP contribution in [0, 0.1) is 20.8 Å². The zero-order valence-corrected chi connectivity index (χ0v) is 26.6. The molecule has 3 N–H and O–H groups in total. The number of carbonyl (C=O) groups is 4. The highest BCUT2D eigenvalue weighted by atomic mass is 35.5. The summed E-state index contributed by atoms with van der Waals surface area (Å²) in [5.74, 6) is -3.96. The summed E-state index contributed by atoms with van der Waals surface area (Å²) >= 11 is 12.2. The fraction of sp³-hybridized carbons (Fsp3) is 0.212. The molecule has 0 bridgehead atoms. The predicted octanol–water partition coefficient (Wildman–Crippen LogP) is 7.52. The van der Waals surface area contributed by atoms with Gasteiger partial charge in [0.15, 0.2) is 23.0 Å². The lowest BCUT2D eigenvalue weighted by Crippen LogP contribution is -2.23. The van der Waals surface area contributed by atoms with E-state index in [0.29, 0.717) is 5.56 Å². The number of hydrogen-bond acceptors (Lipinski definition) is 10. The quantitative estimate of drug-likeness (QED) is 0.112. The van der Waals surface area contributed by atoms with E-state index in [1.165, 1.54) is 27.9 Å². The normalized spacial score (nSPS) is 13.3. The minimum absolute atomic E-state index is 0.0131. The third kappa shape index (κ3) is 5.74. The summed E-state index contributed by atoms with van der Waals surface area (Å²) < 4.78 is 15.9. The van der Waals surface area contributed by atoms with Gasteiger partial charge in [-0.1, -0.05) is 59.1 Å². The van der Waals surface area contributed by atoms with Gasteiger partial charge in [-0.25, -0.2) is 9.59 Å². The van der Waals surface area contributed by atoms with Gasteiger partial charge in [0.1, 0.15) is 27.7 Å². The summed E-state index contributed by atoms with van der Waals surface area (Å²) in [7, 11) is 1.17. The van der Waals surface area contributed by atoms with Crippen molar-refractivity contribution in [3.8, 4) is 28.7 Å². The molecule has 0 spiro atoms. The van der Waals surface area contributed by atoms with E-state index in [9.17, 15) is 34.5 Å². The van der Waals surface area contributed by atoms with Gasteiger partial charge in [-0.3, -0.25) is 9.59 Å². The second-order valence-electron chi connectivity index (χ2n) is 10.4. The molecule has 1 aliphatic heterocycles. The average Bonchev–Trinajstić information content (AvgIpc) is 3.17. The van der Waals surface area contributed by atoms with Crippen molar-refractivity contribution in [3.05, 3.63) is 90.5 Å². The maximum atomic E-state index is 12.7. The van der Waals surface area contributed by atoms with E-state index in [1.54, 1.807) is 24.3 Å². The van der Waals surface area contributed by atoms with Gasteiger partial charge in [-0.05, 0) is 46.6 Å². The van der Waals surface area contributed by atoms with Crippen LogP contribution in [0.15, 0.2) is 41.5 Å². The lowest BCUT2D eigenvalue weighted by molar-refractivity contribution is -0.112. The Hall–Kier alpha value is -4.80. The van der Waals surface area contributed by atoms with Crippen molar-refractivity contribution < 1.29 is 48.7 Å². The summed E-state index contributed by atoms with van der Waals surface area (Å²) in [6, 6.07) is 6.62. The van der Waals surface area contributed by atoms with Crippen LogP contribution in [0.25, 0.3) is 5.76 Å². The molecule has 2 aliphatic rings. The molecular weight excluding hydrogens is 627 g/mol. The molecule has 0 saturated heterocycles. The second-order valence-corrected chi connectivity index (χ2v) is 11.2. The van der Waals surface area contributed by atoms with Crippen LogP contribution in [0.3, 0.4) is 0 Å². The monoisotopic (exact) mass is 654 g/mol. The third-order valence-corrected chi connectivity index (χ3v) is 8.11. The van der Waals surface area contributed by atoms with E-state index in [4.69, 9.17) is 37.4 Å². The number of aliphatic hydroxyl groups excluding tert-OH is 1.